The summed E-state index contributed by atoms with van der Waals surface area (Å²) in [6.45, 7) is -0.250. The molecule has 0 saturated heterocycles. The number of methoxy groups -OCH3 is 1. The van der Waals surface area contributed by atoms with Crippen LogP contribution in [0.2, 0.25) is 0 Å². The minimum atomic E-state index is -0.786. The normalized spacial score (nSPS) is 27.5. The number of aryl methyl sites for hydroxylation is 1. The van der Waals surface area contributed by atoms with E-state index in [2.05, 4.69) is 20.4 Å². The first-order valence-corrected chi connectivity index (χ1v) is 9.71. The molecule has 3 atom stereocenters. The van der Waals surface area contributed by atoms with E-state index in [0.29, 0.717) is 37.8 Å². The van der Waals surface area contributed by atoms with Gasteiger partial charge in [-0.1, -0.05) is 0 Å². The first-order valence-electron chi connectivity index (χ1n) is 9.71. The highest BCUT2D eigenvalue weighted by Crippen LogP contribution is 2.30. The quantitative estimate of drug-likeness (QED) is 0.362. The highest BCUT2D eigenvalue weighted by molar-refractivity contribution is 5.92. The van der Waals surface area contributed by atoms with Crippen molar-refractivity contribution in [2.75, 3.05) is 7.11 Å². The molecule has 0 radical (unpaired) electrons. The van der Waals surface area contributed by atoms with Crippen LogP contribution in [0.1, 0.15) is 42.6 Å². The van der Waals surface area contributed by atoms with E-state index in [1.165, 1.54) is 13.4 Å². The van der Waals surface area contributed by atoms with Crippen LogP contribution in [0.4, 0.5) is 0 Å². The summed E-state index contributed by atoms with van der Waals surface area (Å²) in [6, 6.07) is -0.406. The lowest BCUT2D eigenvalue weighted by molar-refractivity contribution is -0.150. The Hall–Kier alpha value is -2.95. The van der Waals surface area contributed by atoms with Crippen LogP contribution in [0.3, 0.4) is 0 Å². The number of amides is 2. The molecule has 0 aliphatic heterocycles. The second-order valence-corrected chi connectivity index (χ2v) is 7.58. The Morgan fingerprint density at radius 1 is 1.20 bits per heavy atom. The summed E-state index contributed by atoms with van der Waals surface area (Å²) >= 11 is 0. The smallest absolute Gasteiger partial charge is 0.308 e. The van der Waals surface area contributed by atoms with Gasteiger partial charge in [-0.05, 0) is 32.1 Å². The Balaban J connectivity index is 0.00000101. The Morgan fingerprint density at radius 2 is 1.87 bits per heavy atom. The molecule has 1 aromatic rings. The minimum Gasteiger partial charge on any atom is -0.483 e. The van der Waals surface area contributed by atoms with Crippen molar-refractivity contribution in [2.45, 2.75) is 50.3 Å². The van der Waals surface area contributed by atoms with Crippen LogP contribution >= 0.6 is 0 Å². The second-order valence-electron chi connectivity index (χ2n) is 7.58. The molecular weight excluding hydrogens is 396 g/mol. The zero-order valence-corrected chi connectivity index (χ0v) is 17.0. The first kappa shape index (κ1) is 23.3. The summed E-state index contributed by atoms with van der Waals surface area (Å²) in [5.41, 5.74) is 0.301. The number of aromatic nitrogens is 2. The number of aliphatic hydroxyl groups excluding tert-OH is 1. The highest BCUT2D eigenvalue weighted by atomic mass is 16.5. The standard InChI is InChI=1S/C18H26N4O5.CH2O2/c1-22-8-14(19-9-22)17(25)21-13-4-3-10(7-15(13)23)16(24)20-12-5-11(6-12)18(26)27-2;2-1-3/h8-13,15,23H,3-7H2,1-2H3,(H,20,24)(H,21,25);1H,(H,2,3)/t10-,11?,12?,13+,15+;/m0./s1. The van der Waals surface area contributed by atoms with Crippen LogP contribution in [0.15, 0.2) is 12.5 Å². The minimum absolute atomic E-state index is 0.0136. The largest absolute Gasteiger partial charge is 0.483 e. The molecule has 4 N–H and O–H groups in total. The number of ether oxygens (including phenoxy) is 1. The molecule has 1 aromatic heterocycles. The van der Waals surface area contributed by atoms with E-state index < -0.39 is 12.1 Å². The Labute approximate surface area is 173 Å². The first-order chi connectivity index (χ1) is 14.3. The Morgan fingerprint density at radius 3 is 2.40 bits per heavy atom. The molecule has 2 saturated carbocycles. The number of nitrogens with one attached hydrogen (secondary N) is 2. The van der Waals surface area contributed by atoms with E-state index in [0.717, 1.165) is 0 Å². The molecule has 30 heavy (non-hydrogen) atoms. The third kappa shape index (κ3) is 6.02. The number of nitrogens with zero attached hydrogens (tertiary/aromatic N) is 2. The van der Waals surface area contributed by atoms with Crippen LogP contribution in [0, 0.1) is 11.8 Å². The van der Waals surface area contributed by atoms with Crippen LogP contribution in [-0.2, 0) is 26.2 Å². The van der Waals surface area contributed by atoms with Crippen LogP contribution < -0.4 is 10.6 Å². The molecule has 0 spiro atoms. The fraction of sp³-hybridized carbons (Fsp3) is 0.632. The third-order valence-electron chi connectivity index (χ3n) is 5.46. The number of aliphatic hydroxyl groups is 1. The summed E-state index contributed by atoms with van der Waals surface area (Å²) in [6.07, 6.45) is 4.96. The number of hydrogen-bond acceptors (Lipinski definition) is 7. The Kier molecular flexibility index (Phi) is 8.34. The topological polar surface area (TPSA) is 160 Å². The molecule has 11 heteroatoms. The van der Waals surface area contributed by atoms with Crippen molar-refractivity contribution >= 4 is 24.3 Å². The fourth-order valence-electron chi connectivity index (χ4n) is 3.74. The van der Waals surface area contributed by atoms with E-state index in [4.69, 9.17) is 9.90 Å². The molecule has 0 bridgehead atoms. The lowest BCUT2D eigenvalue weighted by Gasteiger charge is -2.37. The van der Waals surface area contributed by atoms with Crippen molar-refractivity contribution in [1.29, 1.82) is 0 Å². The number of rotatable bonds is 5. The maximum Gasteiger partial charge on any atom is 0.308 e. The van der Waals surface area contributed by atoms with Crippen molar-refractivity contribution in [3.8, 4) is 0 Å². The number of hydrogen-bond donors (Lipinski definition) is 4. The van der Waals surface area contributed by atoms with Gasteiger partial charge >= 0.3 is 5.97 Å². The van der Waals surface area contributed by atoms with E-state index in [1.807, 2.05) is 0 Å². The number of carbonyl (C=O) groups excluding carboxylic acids is 3. The molecule has 2 aliphatic carbocycles. The fourth-order valence-corrected chi connectivity index (χ4v) is 3.74. The third-order valence-corrected chi connectivity index (χ3v) is 5.46. The van der Waals surface area contributed by atoms with E-state index >= 15 is 0 Å². The van der Waals surface area contributed by atoms with E-state index in [1.54, 1.807) is 17.8 Å². The average molecular weight is 424 g/mol. The van der Waals surface area contributed by atoms with Crippen LogP contribution in [0.25, 0.3) is 0 Å². The van der Waals surface area contributed by atoms with E-state index in [9.17, 15) is 19.5 Å². The van der Waals surface area contributed by atoms with Gasteiger partial charge in [0, 0.05) is 25.2 Å². The second kappa shape index (κ2) is 10.7. The van der Waals surface area contributed by atoms with Gasteiger partial charge in [-0.25, -0.2) is 4.98 Å². The van der Waals surface area contributed by atoms with Crippen molar-refractivity contribution < 1.29 is 34.1 Å². The molecule has 2 fully saturated rings. The monoisotopic (exact) mass is 424 g/mol. The molecule has 2 amide bonds. The van der Waals surface area contributed by atoms with Crippen LogP contribution in [-0.4, -0.2) is 69.3 Å². The van der Waals surface area contributed by atoms with Crippen molar-refractivity contribution in [1.82, 2.24) is 20.2 Å². The molecule has 166 valence electrons. The van der Waals surface area contributed by atoms with Gasteiger partial charge in [0.2, 0.25) is 5.91 Å². The van der Waals surface area contributed by atoms with Crippen molar-refractivity contribution in [3.63, 3.8) is 0 Å². The number of carbonyl (C=O) groups is 4. The number of esters is 1. The van der Waals surface area contributed by atoms with Gasteiger partial charge in [0.25, 0.3) is 12.4 Å². The number of carboxylic acid groups (broad SMARTS) is 1. The zero-order chi connectivity index (χ0) is 22.3. The maximum absolute atomic E-state index is 12.4. The number of imidazole rings is 1. The Bertz CT molecular complexity index is 760. The van der Waals surface area contributed by atoms with Gasteiger partial charge < -0.3 is 30.2 Å². The summed E-state index contributed by atoms with van der Waals surface area (Å²) in [5.74, 6) is -1.09. The summed E-state index contributed by atoms with van der Waals surface area (Å²) in [5, 5.41) is 23.0. The van der Waals surface area contributed by atoms with Gasteiger partial charge in [0.15, 0.2) is 0 Å². The molecule has 3 rings (SSSR count). The van der Waals surface area contributed by atoms with Gasteiger partial charge in [-0.3, -0.25) is 19.2 Å². The SMILES string of the molecule is COC(=O)C1CC(NC(=O)[C@H]2CC[C@@H](NC(=O)c3cn(C)cn3)[C@H](O)C2)C1.O=CO. The molecule has 0 unspecified atom stereocenters. The maximum atomic E-state index is 12.4. The molecular formula is C19H28N4O7. The van der Waals surface area contributed by atoms with Crippen molar-refractivity contribution in [3.05, 3.63) is 18.2 Å². The summed E-state index contributed by atoms with van der Waals surface area (Å²) in [4.78, 5) is 48.3. The lowest BCUT2D eigenvalue weighted by Crippen LogP contribution is -2.52. The predicted octanol–water partition coefficient (Wildman–Crippen LogP) is -0.552. The zero-order valence-electron chi connectivity index (χ0n) is 17.0. The molecule has 0 aromatic carbocycles. The molecule has 11 nitrogen and oxygen atoms in total. The summed E-state index contributed by atoms with van der Waals surface area (Å²) < 4.78 is 6.37. The van der Waals surface area contributed by atoms with Gasteiger partial charge in [0.1, 0.15) is 5.69 Å². The highest BCUT2D eigenvalue weighted by Gasteiger charge is 2.39. The van der Waals surface area contributed by atoms with Gasteiger partial charge in [0.05, 0.1) is 31.5 Å². The van der Waals surface area contributed by atoms with Gasteiger partial charge in [-0.2, -0.15) is 0 Å². The molecule has 2 aliphatic rings. The lowest BCUT2D eigenvalue weighted by atomic mass is 9.79. The predicted molar refractivity (Wildman–Crippen MR) is 103 cm³/mol. The van der Waals surface area contributed by atoms with Crippen LogP contribution in [0.5, 0.6) is 0 Å². The summed E-state index contributed by atoms with van der Waals surface area (Å²) in [7, 11) is 3.14. The van der Waals surface area contributed by atoms with Crippen molar-refractivity contribution in [2.24, 2.45) is 18.9 Å². The average Bonchev–Trinajstić information content (AvgIpc) is 3.12. The van der Waals surface area contributed by atoms with E-state index in [-0.39, 0.29) is 42.1 Å². The van der Waals surface area contributed by atoms with Gasteiger partial charge in [-0.15, -0.1) is 0 Å². The molecule has 1 heterocycles.